The van der Waals surface area contributed by atoms with Crippen LogP contribution in [0.2, 0.25) is 0 Å². The van der Waals surface area contributed by atoms with E-state index in [4.69, 9.17) is 10.7 Å². The van der Waals surface area contributed by atoms with Gasteiger partial charge in [-0.15, -0.1) is 5.10 Å². The minimum absolute atomic E-state index is 0.0654. The maximum Gasteiger partial charge on any atom is 0.245 e. The van der Waals surface area contributed by atoms with Gasteiger partial charge < -0.3 is 20.3 Å². The summed E-state index contributed by atoms with van der Waals surface area (Å²) in [5.41, 5.74) is 7.90. The van der Waals surface area contributed by atoms with Crippen LogP contribution in [-0.2, 0) is 17.9 Å². The molecule has 3 N–H and O–H groups in total. The van der Waals surface area contributed by atoms with Crippen molar-refractivity contribution in [3.8, 4) is 11.3 Å². The van der Waals surface area contributed by atoms with E-state index in [0.29, 0.717) is 30.0 Å². The Kier molecular flexibility index (Phi) is 8.82. The normalized spacial score (nSPS) is 13.3. The molecule has 0 aliphatic rings. The topological polar surface area (TPSA) is 128 Å². The molecular weight excluding hydrogens is 499 g/mol. The molecule has 10 nitrogen and oxygen atoms in total. The van der Waals surface area contributed by atoms with Crippen molar-refractivity contribution in [1.29, 1.82) is 0 Å². The molecule has 0 saturated heterocycles. The lowest BCUT2D eigenvalue weighted by Gasteiger charge is -2.40. The Hall–Kier alpha value is -3.96. The van der Waals surface area contributed by atoms with Gasteiger partial charge in [0.1, 0.15) is 24.5 Å². The standard InChI is InChI=1S/C28H35FN8O2/c1-28(2,3)26(37(13-12-23(30)18-38)25(39)17-36-19-31-33-34-36)27-32-24(21-10-7-11-22(29)14-21)16-35(27)15-20-8-5-4-6-9-20/h4-11,14,16,19,23,26,38H,12-13,15,17-18,30H2,1-3H3. The molecule has 0 aliphatic carbocycles. The van der Waals surface area contributed by atoms with Crippen molar-refractivity contribution < 1.29 is 14.3 Å². The highest BCUT2D eigenvalue weighted by molar-refractivity contribution is 5.76. The van der Waals surface area contributed by atoms with Crippen molar-refractivity contribution in [2.24, 2.45) is 11.1 Å². The van der Waals surface area contributed by atoms with Gasteiger partial charge in [-0.25, -0.2) is 14.1 Å². The number of nitrogens with two attached hydrogens (primary N) is 1. The SMILES string of the molecule is CC(C)(C)C(c1nc(-c2cccc(F)c2)cn1Cc1ccccc1)N(CCC(N)CO)C(=O)Cn1cnnn1. The van der Waals surface area contributed by atoms with Crippen LogP contribution in [0.1, 0.15) is 44.6 Å². The molecule has 4 rings (SSSR count). The summed E-state index contributed by atoms with van der Waals surface area (Å²) in [6.07, 6.45) is 3.68. The Morgan fingerprint density at radius 3 is 2.56 bits per heavy atom. The molecule has 2 unspecified atom stereocenters. The van der Waals surface area contributed by atoms with Crippen molar-refractivity contribution in [2.75, 3.05) is 13.2 Å². The Morgan fingerprint density at radius 2 is 1.92 bits per heavy atom. The van der Waals surface area contributed by atoms with E-state index in [9.17, 15) is 14.3 Å². The van der Waals surface area contributed by atoms with Gasteiger partial charge in [-0.05, 0) is 40.0 Å². The van der Waals surface area contributed by atoms with E-state index in [0.717, 1.165) is 5.56 Å². The Morgan fingerprint density at radius 1 is 1.15 bits per heavy atom. The fourth-order valence-electron chi connectivity index (χ4n) is 4.61. The molecule has 0 saturated carbocycles. The average Bonchev–Trinajstić information content (AvgIpc) is 3.56. The molecule has 2 aromatic carbocycles. The second kappa shape index (κ2) is 12.3. The zero-order valence-corrected chi connectivity index (χ0v) is 22.5. The van der Waals surface area contributed by atoms with Crippen molar-refractivity contribution in [3.63, 3.8) is 0 Å². The summed E-state index contributed by atoms with van der Waals surface area (Å²) in [4.78, 5) is 20.5. The first-order valence-corrected chi connectivity index (χ1v) is 12.9. The van der Waals surface area contributed by atoms with Gasteiger partial charge in [-0.1, -0.05) is 63.2 Å². The maximum absolute atomic E-state index is 14.1. The molecule has 2 aromatic heterocycles. The third-order valence-corrected chi connectivity index (χ3v) is 6.48. The predicted octanol–water partition coefficient (Wildman–Crippen LogP) is 3.05. The van der Waals surface area contributed by atoms with E-state index in [1.165, 1.54) is 23.1 Å². The quantitative estimate of drug-likeness (QED) is 0.303. The number of halogens is 1. The molecule has 0 radical (unpaired) electrons. The number of imidazole rings is 1. The number of aliphatic hydroxyl groups is 1. The van der Waals surface area contributed by atoms with E-state index in [1.54, 1.807) is 11.0 Å². The van der Waals surface area contributed by atoms with Gasteiger partial charge in [0.2, 0.25) is 5.91 Å². The fraction of sp³-hybridized carbons (Fsp3) is 0.393. The number of hydrogen-bond donors (Lipinski definition) is 2. The average molecular weight is 535 g/mol. The number of tetrazole rings is 1. The highest BCUT2D eigenvalue weighted by atomic mass is 19.1. The highest BCUT2D eigenvalue weighted by Gasteiger charge is 2.38. The maximum atomic E-state index is 14.1. The molecule has 0 bridgehead atoms. The molecule has 0 spiro atoms. The summed E-state index contributed by atoms with van der Waals surface area (Å²) in [6.45, 7) is 6.68. The molecule has 1 amide bonds. The van der Waals surface area contributed by atoms with Gasteiger partial charge >= 0.3 is 0 Å². The first-order valence-electron chi connectivity index (χ1n) is 12.9. The zero-order chi connectivity index (χ0) is 28.0. The van der Waals surface area contributed by atoms with E-state index in [1.807, 2.05) is 67.9 Å². The van der Waals surface area contributed by atoms with Crippen molar-refractivity contribution in [1.82, 2.24) is 34.7 Å². The summed E-state index contributed by atoms with van der Waals surface area (Å²) in [7, 11) is 0. The van der Waals surface area contributed by atoms with Crippen LogP contribution in [-0.4, -0.2) is 64.9 Å². The van der Waals surface area contributed by atoms with Gasteiger partial charge in [-0.3, -0.25) is 4.79 Å². The summed E-state index contributed by atoms with van der Waals surface area (Å²) >= 11 is 0. The molecule has 39 heavy (non-hydrogen) atoms. The number of carbonyl (C=O) groups is 1. The fourth-order valence-corrected chi connectivity index (χ4v) is 4.61. The monoisotopic (exact) mass is 534 g/mol. The lowest BCUT2D eigenvalue weighted by molar-refractivity contribution is -0.137. The molecular formula is C28H35FN8O2. The number of hydrogen-bond acceptors (Lipinski definition) is 7. The van der Waals surface area contributed by atoms with E-state index in [2.05, 4.69) is 15.5 Å². The van der Waals surface area contributed by atoms with Crippen molar-refractivity contribution in [2.45, 2.75) is 52.4 Å². The minimum Gasteiger partial charge on any atom is -0.395 e. The summed E-state index contributed by atoms with van der Waals surface area (Å²) in [6, 6.07) is 15.3. The van der Waals surface area contributed by atoms with Gasteiger partial charge in [0.05, 0.1) is 18.3 Å². The lowest BCUT2D eigenvalue weighted by Crippen LogP contribution is -2.46. The third-order valence-electron chi connectivity index (χ3n) is 6.48. The van der Waals surface area contributed by atoms with Gasteiger partial charge in [0.25, 0.3) is 0 Å². The van der Waals surface area contributed by atoms with Crippen molar-refractivity contribution in [3.05, 3.63) is 84.3 Å². The molecule has 2 heterocycles. The van der Waals surface area contributed by atoms with Crippen molar-refractivity contribution >= 4 is 5.91 Å². The second-order valence-electron chi connectivity index (χ2n) is 10.7. The van der Waals surface area contributed by atoms with Crippen LogP contribution in [0.5, 0.6) is 0 Å². The summed E-state index contributed by atoms with van der Waals surface area (Å²) in [5.74, 6) is 0.0949. The lowest BCUT2D eigenvalue weighted by atomic mass is 9.84. The minimum atomic E-state index is -0.488. The first-order chi connectivity index (χ1) is 18.7. The largest absolute Gasteiger partial charge is 0.395 e. The smallest absolute Gasteiger partial charge is 0.245 e. The number of aliphatic hydroxyl groups excluding tert-OH is 1. The van der Waals surface area contributed by atoms with Crippen LogP contribution in [0.3, 0.4) is 0 Å². The van der Waals surface area contributed by atoms with Crippen LogP contribution in [0.25, 0.3) is 11.3 Å². The highest BCUT2D eigenvalue weighted by Crippen LogP contribution is 2.39. The van der Waals surface area contributed by atoms with E-state index >= 15 is 0 Å². The number of benzene rings is 2. The summed E-state index contributed by atoms with van der Waals surface area (Å²) in [5, 5.41) is 20.7. The molecule has 0 aliphatic heterocycles. The van der Waals surface area contributed by atoms with Crippen LogP contribution in [0.15, 0.2) is 67.1 Å². The number of aromatic nitrogens is 6. The molecule has 2 atom stereocenters. The molecule has 11 heteroatoms. The van der Waals surface area contributed by atoms with Gasteiger partial charge in [0.15, 0.2) is 0 Å². The predicted molar refractivity (Wildman–Crippen MR) is 145 cm³/mol. The van der Waals surface area contributed by atoms with Crippen LogP contribution < -0.4 is 5.73 Å². The number of amides is 1. The van der Waals surface area contributed by atoms with Crippen LogP contribution >= 0.6 is 0 Å². The first kappa shape index (κ1) is 28.1. The Balaban J connectivity index is 1.82. The third kappa shape index (κ3) is 7.12. The summed E-state index contributed by atoms with van der Waals surface area (Å²) < 4.78 is 17.5. The van der Waals surface area contributed by atoms with E-state index < -0.39 is 17.5 Å². The van der Waals surface area contributed by atoms with Gasteiger partial charge in [-0.2, -0.15) is 0 Å². The zero-order valence-electron chi connectivity index (χ0n) is 22.5. The Labute approximate surface area is 227 Å². The molecule has 0 fully saturated rings. The van der Waals surface area contributed by atoms with Gasteiger partial charge in [0, 0.05) is 30.9 Å². The number of carbonyl (C=O) groups excluding carboxylic acids is 1. The molecule has 206 valence electrons. The van der Waals surface area contributed by atoms with Crippen LogP contribution in [0, 0.1) is 11.2 Å². The molecule has 4 aromatic rings. The van der Waals surface area contributed by atoms with E-state index in [-0.39, 0.29) is 31.4 Å². The number of rotatable bonds is 11. The number of nitrogens with zero attached hydrogens (tertiary/aromatic N) is 7. The second-order valence-corrected chi connectivity index (χ2v) is 10.7. The van der Waals surface area contributed by atoms with Crippen LogP contribution in [0.4, 0.5) is 4.39 Å². The Bertz CT molecular complexity index is 1350.